The Balaban J connectivity index is 1.94. The summed E-state index contributed by atoms with van der Waals surface area (Å²) in [5.74, 6) is 0. The van der Waals surface area contributed by atoms with Crippen LogP contribution in [0.1, 0.15) is 26.2 Å². The zero-order valence-corrected chi connectivity index (χ0v) is 7.34. The second-order valence-corrected chi connectivity index (χ2v) is 3.37. The molecule has 1 saturated heterocycles. The fourth-order valence-electron chi connectivity index (χ4n) is 1.33. The van der Waals surface area contributed by atoms with Crippen molar-refractivity contribution in [3.05, 3.63) is 0 Å². The van der Waals surface area contributed by atoms with Crippen LogP contribution in [0.25, 0.3) is 0 Å². The van der Waals surface area contributed by atoms with E-state index in [1.807, 2.05) is 6.92 Å². The SMILES string of the molecule is CC(N)CCNN1CCCC1. The molecule has 0 aromatic heterocycles. The molecule has 0 amide bonds. The molecule has 0 radical (unpaired) electrons. The summed E-state index contributed by atoms with van der Waals surface area (Å²) in [6.07, 6.45) is 3.74. The standard InChI is InChI=1S/C8H19N3/c1-8(9)4-5-10-11-6-2-3-7-11/h8,10H,2-7,9H2,1H3. The minimum atomic E-state index is 0.324. The maximum atomic E-state index is 5.62. The Morgan fingerprint density at radius 3 is 2.64 bits per heavy atom. The predicted molar refractivity (Wildman–Crippen MR) is 47.1 cm³/mol. The molecular weight excluding hydrogens is 138 g/mol. The molecular formula is C8H19N3. The van der Waals surface area contributed by atoms with Crippen LogP contribution in [0.5, 0.6) is 0 Å². The summed E-state index contributed by atoms with van der Waals surface area (Å²) in [6.45, 7) is 5.49. The Bertz CT molecular complexity index is 97.5. The van der Waals surface area contributed by atoms with Crippen LogP contribution in [0.2, 0.25) is 0 Å². The molecule has 0 spiro atoms. The Morgan fingerprint density at radius 2 is 2.09 bits per heavy atom. The van der Waals surface area contributed by atoms with Crippen LogP contribution in [0, 0.1) is 0 Å². The molecule has 3 heteroatoms. The van der Waals surface area contributed by atoms with Crippen molar-refractivity contribution in [2.75, 3.05) is 19.6 Å². The van der Waals surface area contributed by atoms with Gasteiger partial charge in [0.05, 0.1) is 0 Å². The molecule has 0 aromatic rings. The summed E-state index contributed by atoms with van der Waals surface area (Å²) in [5.41, 5.74) is 8.98. The van der Waals surface area contributed by atoms with E-state index in [2.05, 4.69) is 10.4 Å². The first kappa shape index (κ1) is 8.97. The topological polar surface area (TPSA) is 41.3 Å². The fraction of sp³-hybridized carbons (Fsp3) is 1.00. The molecule has 0 aromatic carbocycles. The van der Waals surface area contributed by atoms with E-state index in [4.69, 9.17) is 5.73 Å². The number of hydrogen-bond donors (Lipinski definition) is 2. The van der Waals surface area contributed by atoms with Gasteiger partial charge >= 0.3 is 0 Å². The van der Waals surface area contributed by atoms with Gasteiger partial charge in [-0.15, -0.1) is 0 Å². The van der Waals surface area contributed by atoms with Gasteiger partial charge in [0.1, 0.15) is 0 Å². The highest BCUT2D eigenvalue weighted by atomic mass is 15.5. The van der Waals surface area contributed by atoms with E-state index in [9.17, 15) is 0 Å². The quantitative estimate of drug-likeness (QED) is 0.617. The van der Waals surface area contributed by atoms with Gasteiger partial charge in [-0.3, -0.25) is 5.43 Å². The first-order valence-corrected chi connectivity index (χ1v) is 4.53. The lowest BCUT2D eigenvalue weighted by molar-refractivity contribution is 0.232. The van der Waals surface area contributed by atoms with Crippen molar-refractivity contribution in [3.8, 4) is 0 Å². The first-order valence-electron chi connectivity index (χ1n) is 4.53. The second-order valence-electron chi connectivity index (χ2n) is 3.37. The third-order valence-corrected chi connectivity index (χ3v) is 2.04. The van der Waals surface area contributed by atoms with Crippen molar-refractivity contribution in [2.45, 2.75) is 32.2 Å². The number of nitrogens with one attached hydrogen (secondary N) is 1. The summed E-state index contributed by atoms with van der Waals surface area (Å²) in [7, 11) is 0. The van der Waals surface area contributed by atoms with Crippen molar-refractivity contribution in [1.82, 2.24) is 10.4 Å². The highest BCUT2D eigenvalue weighted by Crippen LogP contribution is 2.03. The van der Waals surface area contributed by atoms with Crippen molar-refractivity contribution in [3.63, 3.8) is 0 Å². The number of nitrogens with zero attached hydrogens (tertiary/aromatic N) is 1. The Morgan fingerprint density at radius 1 is 1.45 bits per heavy atom. The summed E-state index contributed by atoms with van der Waals surface area (Å²) in [4.78, 5) is 0. The van der Waals surface area contributed by atoms with Gasteiger partial charge in [0, 0.05) is 25.7 Å². The van der Waals surface area contributed by atoms with Crippen LogP contribution in [-0.2, 0) is 0 Å². The van der Waals surface area contributed by atoms with Gasteiger partial charge in [0.25, 0.3) is 0 Å². The van der Waals surface area contributed by atoms with Gasteiger partial charge in [-0.05, 0) is 26.2 Å². The normalized spacial score (nSPS) is 22.4. The van der Waals surface area contributed by atoms with E-state index >= 15 is 0 Å². The summed E-state index contributed by atoms with van der Waals surface area (Å²) in [5, 5.41) is 2.29. The van der Waals surface area contributed by atoms with Crippen LogP contribution in [-0.4, -0.2) is 30.7 Å². The molecule has 66 valence electrons. The van der Waals surface area contributed by atoms with E-state index in [-0.39, 0.29) is 0 Å². The van der Waals surface area contributed by atoms with E-state index in [0.29, 0.717) is 6.04 Å². The molecule has 1 unspecified atom stereocenters. The van der Waals surface area contributed by atoms with E-state index in [1.165, 1.54) is 25.9 Å². The van der Waals surface area contributed by atoms with Crippen LogP contribution < -0.4 is 11.2 Å². The van der Waals surface area contributed by atoms with Crippen molar-refractivity contribution >= 4 is 0 Å². The molecule has 1 rings (SSSR count). The van der Waals surface area contributed by atoms with Crippen LogP contribution in [0.15, 0.2) is 0 Å². The molecule has 1 aliphatic rings. The van der Waals surface area contributed by atoms with Crippen molar-refractivity contribution in [2.24, 2.45) is 5.73 Å². The third-order valence-electron chi connectivity index (χ3n) is 2.04. The molecule has 0 aliphatic carbocycles. The number of hydrogen-bond acceptors (Lipinski definition) is 3. The molecule has 1 atom stereocenters. The molecule has 11 heavy (non-hydrogen) atoms. The van der Waals surface area contributed by atoms with Gasteiger partial charge < -0.3 is 5.73 Å². The number of nitrogens with two attached hydrogens (primary N) is 1. The minimum Gasteiger partial charge on any atom is -0.328 e. The van der Waals surface area contributed by atoms with Gasteiger partial charge in [-0.2, -0.15) is 0 Å². The zero-order chi connectivity index (χ0) is 8.10. The van der Waals surface area contributed by atoms with Crippen LogP contribution in [0.4, 0.5) is 0 Å². The Kier molecular flexibility index (Phi) is 3.83. The smallest absolute Gasteiger partial charge is 0.0131 e. The molecule has 3 nitrogen and oxygen atoms in total. The van der Waals surface area contributed by atoms with E-state index in [1.54, 1.807) is 0 Å². The number of hydrazine groups is 1. The zero-order valence-electron chi connectivity index (χ0n) is 7.34. The highest BCUT2D eigenvalue weighted by molar-refractivity contribution is 4.62. The Hall–Kier alpha value is -0.120. The molecule has 1 aliphatic heterocycles. The molecule has 1 heterocycles. The maximum Gasteiger partial charge on any atom is 0.0131 e. The maximum absolute atomic E-state index is 5.62. The molecule has 3 N–H and O–H groups in total. The molecule has 0 saturated carbocycles. The lowest BCUT2D eigenvalue weighted by atomic mass is 10.3. The highest BCUT2D eigenvalue weighted by Gasteiger charge is 2.09. The largest absolute Gasteiger partial charge is 0.328 e. The third kappa shape index (κ3) is 3.70. The van der Waals surface area contributed by atoms with Crippen LogP contribution in [0.3, 0.4) is 0 Å². The molecule has 1 fully saturated rings. The van der Waals surface area contributed by atoms with E-state index < -0.39 is 0 Å². The van der Waals surface area contributed by atoms with Gasteiger partial charge in [-0.25, -0.2) is 5.01 Å². The summed E-state index contributed by atoms with van der Waals surface area (Å²) < 4.78 is 0. The second kappa shape index (κ2) is 4.70. The lowest BCUT2D eigenvalue weighted by Gasteiger charge is -2.16. The fourth-order valence-corrected chi connectivity index (χ4v) is 1.33. The van der Waals surface area contributed by atoms with Gasteiger partial charge in [0.15, 0.2) is 0 Å². The minimum absolute atomic E-state index is 0.324. The van der Waals surface area contributed by atoms with Crippen molar-refractivity contribution < 1.29 is 0 Å². The van der Waals surface area contributed by atoms with Crippen LogP contribution >= 0.6 is 0 Å². The summed E-state index contributed by atoms with van der Waals surface area (Å²) >= 11 is 0. The van der Waals surface area contributed by atoms with E-state index in [0.717, 1.165) is 13.0 Å². The Labute approximate surface area is 68.9 Å². The summed E-state index contributed by atoms with van der Waals surface area (Å²) in [6, 6.07) is 0.324. The number of rotatable bonds is 4. The van der Waals surface area contributed by atoms with Crippen molar-refractivity contribution in [1.29, 1.82) is 0 Å². The average molecular weight is 157 g/mol. The lowest BCUT2D eigenvalue weighted by Crippen LogP contribution is -2.37. The predicted octanol–water partition coefficient (Wildman–Crippen LogP) is 0.324. The average Bonchev–Trinajstić information content (AvgIpc) is 2.39. The van der Waals surface area contributed by atoms with Gasteiger partial charge in [0.2, 0.25) is 0 Å². The van der Waals surface area contributed by atoms with Gasteiger partial charge in [-0.1, -0.05) is 0 Å². The first-order chi connectivity index (χ1) is 5.29. The monoisotopic (exact) mass is 157 g/mol. The molecule has 0 bridgehead atoms.